The lowest BCUT2D eigenvalue weighted by molar-refractivity contribution is -0.142. The van der Waals surface area contributed by atoms with E-state index in [2.05, 4.69) is 0 Å². The van der Waals surface area contributed by atoms with E-state index in [-0.39, 0.29) is 35.3 Å². The van der Waals surface area contributed by atoms with Gasteiger partial charge in [-0.2, -0.15) is 0 Å². The fourth-order valence-corrected chi connectivity index (χ4v) is 7.48. The van der Waals surface area contributed by atoms with Crippen LogP contribution in [0.15, 0.2) is 48.0 Å². The minimum atomic E-state index is -0.621. The van der Waals surface area contributed by atoms with Crippen LogP contribution in [0.5, 0.6) is 5.75 Å². The highest BCUT2D eigenvalue weighted by atomic mass is 16.3. The van der Waals surface area contributed by atoms with Crippen LogP contribution in [0.3, 0.4) is 0 Å². The van der Waals surface area contributed by atoms with Gasteiger partial charge in [-0.1, -0.05) is 61.9 Å². The smallest absolute Gasteiger partial charge is 0.234 e. The zero-order valence-electron chi connectivity index (χ0n) is 21.2. The summed E-state index contributed by atoms with van der Waals surface area (Å²) in [6.07, 6.45) is 4.20. The number of phenols is 1. The van der Waals surface area contributed by atoms with Crippen molar-refractivity contribution >= 4 is 34.4 Å². The number of imide groups is 2. The molecule has 4 amide bonds. The van der Waals surface area contributed by atoms with E-state index in [4.69, 9.17) is 0 Å². The lowest BCUT2D eigenvalue weighted by atomic mass is 9.57. The van der Waals surface area contributed by atoms with Crippen LogP contribution in [0, 0.1) is 29.6 Å². The molecule has 37 heavy (non-hydrogen) atoms. The average Bonchev–Trinajstić information content (AvgIpc) is 3.29. The normalized spacial score (nSPS) is 31.0. The maximum Gasteiger partial charge on any atom is 0.234 e. The summed E-state index contributed by atoms with van der Waals surface area (Å²) in [4.78, 5) is 56.8. The number of hydrogen-bond donors (Lipinski definition) is 1. The van der Waals surface area contributed by atoms with E-state index in [1.54, 1.807) is 0 Å². The Bertz CT molecular complexity index is 1360. The maximum atomic E-state index is 13.7. The molecule has 1 N–H and O–H groups in total. The van der Waals surface area contributed by atoms with E-state index < -0.39 is 29.6 Å². The molecule has 6 unspecified atom stereocenters. The first kappa shape index (κ1) is 23.9. The van der Waals surface area contributed by atoms with Crippen molar-refractivity contribution in [2.24, 2.45) is 29.6 Å². The van der Waals surface area contributed by atoms with Crippen molar-refractivity contribution in [2.45, 2.75) is 45.4 Å². The van der Waals surface area contributed by atoms with Crippen LogP contribution in [-0.4, -0.2) is 51.6 Å². The van der Waals surface area contributed by atoms with Crippen LogP contribution in [-0.2, 0) is 19.2 Å². The zero-order valence-corrected chi connectivity index (χ0v) is 21.2. The van der Waals surface area contributed by atoms with Crippen molar-refractivity contribution in [2.75, 3.05) is 13.1 Å². The number of rotatable bonds is 5. The number of phenolic OH excluding ortho intramolecular Hbond substituents is 1. The molecule has 0 aromatic heterocycles. The van der Waals surface area contributed by atoms with Gasteiger partial charge in [-0.3, -0.25) is 29.0 Å². The van der Waals surface area contributed by atoms with Gasteiger partial charge in [-0.25, -0.2) is 0 Å². The third-order valence-corrected chi connectivity index (χ3v) is 8.99. The zero-order chi connectivity index (χ0) is 26.0. The SMILES string of the molecule is CCCN1C(=O)C2CC=C3C(CC4C(=O)N(CCC)C(=O)C4C3c3ccc4ccccc4c3O)C2C1=O. The van der Waals surface area contributed by atoms with Crippen LogP contribution >= 0.6 is 0 Å². The quantitative estimate of drug-likeness (QED) is 0.495. The molecular formula is C30H32N2O5. The molecule has 2 saturated heterocycles. The first-order valence-corrected chi connectivity index (χ1v) is 13.5. The molecule has 4 aliphatic rings. The van der Waals surface area contributed by atoms with Crippen LogP contribution in [0.2, 0.25) is 0 Å². The summed E-state index contributed by atoms with van der Waals surface area (Å²) in [5.74, 6) is -3.52. The number of aromatic hydroxyl groups is 1. The highest BCUT2D eigenvalue weighted by molar-refractivity contribution is 6.08. The number of nitrogens with zero attached hydrogens (tertiary/aromatic N) is 2. The average molecular weight is 501 g/mol. The van der Waals surface area contributed by atoms with Crippen molar-refractivity contribution in [3.8, 4) is 5.75 Å². The van der Waals surface area contributed by atoms with E-state index in [1.807, 2.05) is 56.3 Å². The summed E-state index contributed by atoms with van der Waals surface area (Å²) in [7, 11) is 0. The van der Waals surface area contributed by atoms with E-state index in [1.165, 1.54) is 9.80 Å². The van der Waals surface area contributed by atoms with Gasteiger partial charge >= 0.3 is 0 Å². The highest BCUT2D eigenvalue weighted by Crippen LogP contribution is 2.59. The Morgan fingerprint density at radius 2 is 1.43 bits per heavy atom. The molecule has 2 aromatic carbocycles. The van der Waals surface area contributed by atoms with Crippen molar-refractivity contribution in [1.29, 1.82) is 0 Å². The second-order valence-electron chi connectivity index (χ2n) is 10.9. The first-order chi connectivity index (χ1) is 17.9. The standard InChI is InChI=1S/C30H32N2O5/c1-3-13-31-27(34)20-12-11-18-21(24(20)29(31)36)15-22-25(30(37)32(14-4-2)28(22)35)23(18)19-10-9-16-7-5-6-8-17(16)26(19)33/h5-11,20-25,33H,3-4,12-15H2,1-2H3. The molecule has 6 atom stereocenters. The van der Waals surface area contributed by atoms with E-state index in [9.17, 15) is 24.3 Å². The van der Waals surface area contributed by atoms with Crippen molar-refractivity contribution in [1.82, 2.24) is 9.80 Å². The van der Waals surface area contributed by atoms with Gasteiger partial charge in [-0.15, -0.1) is 0 Å². The van der Waals surface area contributed by atoms with E-state index >= 15 is 0 Å². The number of benzene rings is 2. The van der Waals surface area contributed by atoms with Crippen LogP contribution in [0.1, 0.15) is 51.0 Å². The van der Waals surface area contributed by atoms with Gasteiger partial charge in [0.15, 0.2) is 0 Å². The van der Waals surface area contributed by atoms with Gasteiger partial charge in [-0.05, 0) is 37.0 Å². The molecule has 7 heteroatoms. The van der Waals surface area contributed by atoms with Gasteiger partial charge < -0.3 is 5.11 Å². The van der Waals surface area contributed by atoms with Gasteiger partial charge in [0.25, 0.3) is 0 Å². The summed E-state index contributed by atoms with van der Waals surface area (Å²) in [6, 6.07) is 11.3. The topological polar surface area (TPSA) is 95.0 Å². The Balaban J connectivity index is 1.51. The number of likely N-dealkylation sites (tertiary alicyclic amines) is 2. The van der Waals surface area contributed by atoms with Crippen LogP contribution in [0.4, 0.5) is 0 Å². The molecule has 0 spiro atoms. The Kier molecular flexibility index (Phi) is 5.70. The number of hydrogen-bond acceptors (Lipinski definition) is 5. The van der Waals surface area contributed by atoms with E-state index in [0.717, 1.165) is 11.0 Å². The Hall–Kier alpha value is -3.48. The highest BCUT2D eigenvalue weighted by Gasteiger charge is 2.61. The molecular weight excluding hydrogens is 468 g/mol. The number of allylic oxidation sites excluding steroid dienone is 2. The number of fused-ring (bicyclic) bond motifs is 5. The second kappa shape index (κ2) is 8.82. The first-order valence-electron chi connectivity index (χ1n) is 13.5. The summed E-state index contributed by atoms with van der Waals surface area (Å²) in [6.45, 7) is 4.64. The number of carbonyl (C=O) groups excluding carboxylic acids is 4. The minimum Gasteiger partial charge on any atom is -0.507 e. The summed E-state index contributed by atoms with van der Waals surface area (Å²) in [5, 5.41) is 13.0. The molecule has 0 radical (unpaired) electrons. The monoisotopic (exact) mass is 500 g/mol. The number of carbonyl (C=O) groups is 4. The molecule has 2 aliphatic carbocycles. The van der Waals surface area contributed by atoms with Gasteiger partial charge in [0.05, 0.1) is 23.7 Å². The summed E-state index contributed by atoms with van der Waals surface area (Å²) < 4.78 is 0. The fraction of sp³-hybridized carbons (Fsp3) is 0.467. The number of amides is 4. The Morgan fingerprint density at radius 1 is 0.784 bits per heavy atom. The second-order valence-corrected chi connectivity index (χ2v) is 10.9. The van der Waals surface area contributed by atoms with Crippen molar-refractivity contribution in [3.05, 3.63) is 53.6 Å². The fourth-order valence-electron chi connectivity index (χ4n) is 7.48. The van der Waals surface area contributed by atoms with Gasteiger partial charge in [0.1, 0.15) is 5.75 Å². The maximum absolute atomic E-state index is 13.7. The predicted molar refractivity (Wildman–Crippen MR) is 137 cm³/mol. The Morgan fingerprint density at radius 3 is 2.14 bits per heavy atom. The molecule has 1 saturated carbocycles. The largest absolute Gasteiger partial charge is 0.507 e. The molecule has 3 fully saturated rings. The predicted octanol–water partition coefficient (Wildman–Crippen LogP) is 4.00. The van der Waals surface area contributed by atoms with E-state index in [0.29, 0.717) is 49.7 Å². The molecule has 2 aromatic rings. The minimum absolute atomic E-state index is 0.112. The summed E-state index contributed by atoms with van der Waals surface area (Å²) in [5.41, 5.74) is 1.54. The van der Waals surface area contributed by atoms with Crippen molar-refractivity contribution in [3.63, 3.8) is 0 Å². The lowest BCUT2D eigenvalue weighted by Gasteiger charge is -2.44. The van der Waals surface area contributed by atoms with Crippen molar-refractivity contribution < 1.29 is 24.3 Å². The van der Waals surface area contributed by atoms with Gasteiger partial charge in [0.2, 0.25) is 23.6 Å². The molecule has 192 valence electrons. The van der Waals surface area contributed by atoms with Gasteiger partial charge in [0, 0.05) is 30.0 Å². The molecule has 0 bridgehead atoms. The molecule has 6 rings (SSSR count). The summed E-state index contributed by atoms with van der Waals surface area (Å²) >= 11 is 0. The third kappa shape index (κ3) is 3.32. The van der Waals surface area contributed by atoms with Crippen LogP contribution < -0.4 is 0 Å². The lowest BCUT2D eigenvalue weighted by Crippen LogP contribution is -2.43. The molecule has 2 heterocycles. The third-order valence-electron chi connectivity index (χ3n) is 8.99. The Labute approximate surface area is 216 Å². The molecule has 2 aliphatic heterocycles. The van der Waals surface area contributed by atoms with Crippen LogP contribution in [0.25, 0.3) is 10.8 Å². The molecule has 7 nitrogen and oxygen atoms in total.